The molecule has 0 bridgehead atoms. The van der Waals surface area contributed by atoms with Crippen molar-refractivity contribution in [2.45, 2.75) is 31.5 Å². The minimum Gasteiger partial charge on any atom is -0.389 e. The summed E-state index contributed by atoms with van der Waals surface area (Å²) < 4.78 is 5.39. The lowest BCUT2D eigenvalue weighted by Gasteiger charge is -2.26. The Kier molecular flexibility index (Phi) is 8.50. The summed E-state index contributed by atoms with van der Waals surface area (Å²) in [6.45, 7) is 4.91. The fourth-order valence-electron chi connectivity index (χ4n) is 4.15. The zero-order valence-corrected chi connectivity index (χ0v) is 19.1. The Balaban J connectivity index is 1.20. The largest absolute Gasteiger partial charge is 0.389 e. The first-order valence-corrected chi connectivity index (χ1v) is 11.8. The van der Waals surface area contributed by atoms with Crippen LogP contribution in [0.4, 0.5) is 0 Å². The maximum absolute atomic E-state index is 10.3. The molecule has 2 aromatic carbocycles. The molecule has 0 aliphatic carbocycles. The third-order valence-electron chi connectivity index (χ3n) is 6.11. The Bertz CT molecular complexity index is 1050. The van der Waals surface area contributed by atoms with Gasteiger partial charge in [0.05, 0.1) is 25.4 Å². The van der Waals surface area contributed by atoms with Crippen molar-refractivity contribution in [3.8, 4) is 0 Å². The summed E-state index contributed by atoms with van der Waals surface area (Å²) >= 11 is 0. The molecule has 1 aliphatic rings. The highest BCUT2D eigenvalue weighted by molar-refractivity contribution is 5.81. The summed E-state index contributed by atoms with van der Waals surface area (Å²) in [6, 6.07) is 16.6. The maximum Gasteiger partial charge on any atom is 0.0751 e. The van der Waals surface area contributed by atoms with Crippen LogP contribution in [0.1, 0.15) is 29.5 Å². The highest BCUT2D eigenvalue weighted by Gasteiger charge is 2.09. The van der Waals surface area contributed by atoms with E-state index in [0.717, 1.165) is 67.7 Å². The molecule has 2 unspecified atom stereocenters. The molecule has 0 amide bonds. The molecule has 1 aliphatic heterocycles. The smallest absolute Gasteiger partial charge is 0.0751 e. The number of hydrogen-bond acceptors (Lipinski definition) is 4. The van der Waals surface area contributed by atoms with Gasteiger partial charge in [0, 0.05) is 31.2 Å². The molecule has 4 rings (SSSR count). The molecule has 3 N–H and O–H groups in total. The van der Waals surface area contributed by atoms with E-state index in [1.807, 2.05) is 42.6 Å². The number of fused-ring (bicyclic) bond motifs is 1. The SMILES string of the molecule is OC(/C=C/c1ccc(CCCN2CCOCC2)cc1)CC(O)/C=C/c1ccc2cc[nH]c2c1. The summed E-state index contributed by atoms with van der Waals surface area (Å²) in [5, 5.41) is 21.7. The van der Waals surface area contributed by atoms with Crippen molar-refractivity contribution in [2.75, 3.05) is 32.8 Å². The number of H-pyrrole nitrogens is 1. The maximum atomic E-state index is 10.3. The Morgan fingerprint density at radius 1 is 0.909 bits per heavy atom. The number of aromatic amines is 1. The zero-order chi connectivity index (χ0) is 22.9. The average molecular weight is 447 g/mol. The number of nitrogens with one attached hydrogen (secondary N) is 1. The summed E-state index contributed by atoms with van der Waals surface area (Å²) in [5.74, 6) is 0. The molecule has 1 aromatic heterocycles. The standard InChI is InChI=1S/C28H34N2O3/c31-26(21-27(32)12-9-24-7-10-25-13-14-29-28(25)20-24)11-8-23-5-3-22(4-6-23)2-1-15-30-16-18-33-19-17-30/h3-14,20,26-27,29,31-32H,1-2,15-19,21H2/b11-8+,12-9+. The molecule has 3 aromatic rings. The second-order valence-corrected chi connectivity index (χ2v) is 8.71. The van der Waals surface area contributed by atoms with Crippen LogP contribution in [-0.2, 0) is 11.2 Å². The fourth-order valence-corrected chi connectivity index (χ4v) is 4.15. The minimum atomic E-state index is -0.710. The number of aliphatic hydroxyl groups is 2. The van der Waals surface area contributed by atoms with E-state index in [1.54, 1.807) is 12.2 Å². The number of aliphatic hydroxyl groups excluding tert-OH is 2. The second kappa shape index (κ2) is 12.0. The molecule has 2 atom stereocenters. The van der Waals surface area contributed by atoms with E-state index in [4.69, 9.17) is 4.74 Å². The molecule has 0 saturated carbocycles. The van der Waals surface area contributed by atoms with Crippen LogP contribution in [0.2, 0.25) is 0 Å². The number of ether oxygens (including phenoxy) is 1. The van der Waals surface area contributed by atoms with E-state index in [2.05, 4.69) is 34.1 Å². The monoisotopic (exact) mass is 446 g/mol. The highest BCUT2D eigenvalue weighted by Crippen LogP contribution is 2.16. The van der Waals surface area contributed by atoms with Gasteiger partial charge in [-0.1, -0.05) is 60.7 Å². The lowest BCUT2D eigenvalue weighted by molar-refractivity contribution is 0.0374. The van der Waals surface area contributed by atoms with Crippen molar-refractivity contribution in [3.63, 3.8) is 0 Å². The summed E-state index contributed by atoms with van der Waals surface area (Å²) in [6.07, 6.45) is 10.3. The van der Waals surface area contributed by atoms with Gasteiger partial charge in [0.2, 0.25) is 0 Å². The van der Waals surface area contributed by atoms with Gasteiger partial charge in [0.25, 0.3) is 0 Å². The van der Waals surface area contributed by atoms with Gasteiger partial charge < -0.3 is 19.9 Å². The first-order valence-electron chi connectivity index (χ1n) is 11.8. The van der Waals surface area contributed by atoms with E-state index >= 15 is 0 Å². The molecule has 33 heavy (non-hydrogen) atoms. The van der Waals surface area contributed by atoms with E-state index in [9.17, 15) is 10.2 Å². The summed E-state index contributed by atoms with van der Waals surface area (Å²) in [5.41, 5.74) is 4.46. The number of nitrogens with zero attached hydrogens (tertiary/aromatic N) is 1. The van der Waals surface area contributed by atoms with Crippen LogP contribution in [0.25, 0.3) is 23.1 Å². The van der Waals surface area contributed by atoms with Crippen molar-refractivity contribution in [1.29, 1.82) is 0 Å². The number of hydrogen-bond donors (Lipinski definition) is 3. The first kappa shape index (κ1) is 23.5. The van der Waals surface area contributed by atoms with Gasteiger partial charge in [-0.2, -0.15) is 0 Å². The van der Waals surface area contributed by atoms with Gasteiger partial charge in [0.15, 0.2) is 0 Å². The molecule has 0 radical (unpaired) electrons. The molecular formula is C28H34N2O3. The van der Waals surface area contributed by atoms with Crippen LogP contribution < -0.4 is 0 Å². The van der Waals surface area contributed by atoms with E-state index < -0.39 is 12.2 Å². The lowest BCUT2D eigenvalue weighted by atomic mass is 10.0. The summed E-state index contributed by atoms with van der Waals surface area (Å²) in [4.78, 5) is 5.65. The quantitative estimate of drug-likeness (QED) is 0.435. The average Bonchev–Trinajstić information content (AvgIpc) is 3.31. The van der Waals surface area contributed by atoms with Crippen LogP contribution in [0.3, 0.4) is 0 Å². The van der Waals surface area contributed by atoms with Crippen molar-refractivity contribution in [3.05, 3.63) is 83.6 Å². The Labute approximate surface area is 196 Å². The molecule has 1 saturated heterocycles. The molecule has 2 heterocycles. The van der Waals surface area contributed by atoms with Gasteiger partial charge in [-0.05, 0) is 53.6 Å². The van der Waals surface area contributed by atoms with Crippen LogP contribution in [0.15, 0.2) is 66.9 Å². The second-order valence-electron chi connectivity index (χ2n) is 8.71. The van der Waals surface area contributed by atoms with Crippen molar-refractivity contribution in [2.24, 2.45) is 0 Å². The van der Waals surface area contributed by atoms with Crippen LogP contribution >= 0.6 is 0 Å². The van der Waals surface area contributed by atoms with Gasteiger partial charge in [-0.3, -0.25) is 4.90 Å². The van der Waals surface area contributed by atoms with Crippen molar-refractivity contribution >= 4 is 23.1 Å². The fraction of sp³-hybridized carbons (Fsp3) is 0.357. The van der Waals surface area contributed by atoms with Crippen LogP contribution in [-0.4, -0.2) is 65.2 Å². The van der Waals surface area contributed by atoms with E-state index in [0.29, 0.717) is 0 Å². The van der Waals surface area contributed by atoms with E-state index in [-0.39, 0.29) is 6.42 Å². The number of aryl methyl sites for hydroxylation is 1. The Morgan fingerprint density at radius 2 is 1.61 bits per heavy atom. The van der Waals surface area contributed by atoms with Crippen LogP contribution in [0, 0.1) is 0 Å². The molecule has 1 fully saturated rings. The normalized spacial score (nSPS) is 17.3. The number of benzene rings is 2. The Hall–Kier alpha value is -2.70. The Morgan fingerprint density at radius 3 is 2.36 bits per heavy atom. The predicted molar refractivity (Wildman–Crippen MR) is 135 cm³/mol. The van der Waals surface area contributed by atoms with Gasteiger partial charge in [-0.25, -0.2) is 0 Å². The molecular weight excluding hydrogens is 412 g/mol. The predicted octanol–water partition coefficient (Wildman–Crippen LogP) is 4.27. The number of rotatable bonds is 10. The van der Waals surface area contributed by atoms with Crippen LogP contribution in [0.5, 0.6) is 0 Å². The third kappa shape index (κ3) is 7.41. The van der Waals surface area contributed by atoms with Crippen molar-refractivity contribution < 1.29 is 14.9 Å². The lowest BCUT2D eigenvalue weighted by Crippen LogP contribution is -2.36. The molecule has 174 valence electrons. The molecule has 5 heteroatoms. The number of aromatic nitrogens is 1. The molecule has 0 spiro atoms. The van der Waals surface area contributed by atoms with Gasteiger partial charge in [0.1, 0.15) is 0 Å². The van der Waals surface area contributed by atoms with Gasteiger partial charge in [-0.15, -0.1) is 0 Å². The first-order chi connectivity index (χ1) is 16.2. The molecule has 5 nitrogen and oxygen atoms in total. The number of morpholine rings is 1. The zero-order valence-electron chi connectivity index (χ0n) is 19.1. The van der Waals surface area contributed by atoms with Crippen molar-refractivity contribution in [1.82, 2.24) is 9.88 Å². The summed E-state index contributed by atoms with van der Waals surface area (Å²) in [7, 11) is 0. The van der Waals surface area contributed by atoms with Gasteiger partial charge >= 0.3 is 0 Å². The third-order valence-corrected chi connectivity index (χ3v) is 6.11. The highest BCUT2D eigenvalue weighted by atomic mass is 16.5. The van der Waals surface area contributed by atoms with E-state index in [1.165, 1.54) is 5.56 Å². The topological polar surface area (TPSA) is 68.7 Å². The minimum absolute atomic E-state index is 0.261.